The van der Waals surface area contributed by atoms with E-state index in [1.54, 1.807) is 36.5 Å². The third-order valence-electron chi connectivity index (χ3n) is 11.5. The van der Waals surface area contributed by atoms with Gasteiger partial charge < -0.3 is 59.4 Å². The van der Waals surface area contributed by atoms with Crippen molar-refractivity contribution in [3.8, 4) is 0 Å². The van der Waals surface area contributed by atoms with E-state index in [9.17, 15) is 43.2 Å². The van der Waals surface area contributed by atoms with Crippen molar-refractivity contribution in [1.82, 2.24) is 42.2 Å². The van der Waals surface area contributed by atoms with Crippen LogP contribution in [0.25, 0.3) is 10.9 Å². The fourth-order valence-electron chi connectivity index (χ4n) is 7.78. The Hall–Kier alpha value is -7.32. The van der Waals surface area contributed by atoms with Crippen molar-refractivity contribution >= 4 is 69.9 Å². The van der Waals surface area contributed by atoms with Gasteiger partial charge in [-0.05, 0) is 56.2 Å². The molecule has 2 heterocycles. The summed E-state index contributed by atoms with van der Waals surface area (Å²) < 4.78 is 0. The average molecular weight is 943 g/mol. The van der Waals surface area contributed by atoms with E-state index in [4.69, 9.17) is 17.2 Å². The molecule has 21 nitrogen and oxygen atoms in total. The van der Waals surface area contributed by atoms with Gasteiger partial charge in [0.2, 0.25) is 47.3 Å². The van der Waals surface area contributed by atoms with Crippen molar-refractivity contribution in [1.29, 1.82) is 0 Å². The molecule has 7 atom stereocenters. The number of H-pyrrole nitrogens is 1. The van der Waals surface area contributed by atoms with Crippen LogP contribution in [-0.4, -0.2) is 113 Å². The number of hydrogen-bond acceptors (Lipinski definition) is 10. The van der Waals surface area contributed by atoms with Gasteiger partial charge in [-0.25, -0.2) is 0 Å². The highest BCUT2D eigenvalue weighted by Crippen LogP contribution is 2.20. The lowest BCUT2D eigenvalue weighted by Gasteiger charge is -2.26. The van der Waals surface area contributed by atoms with Crippen LogP contribution in [0.1, 0.15) is 89.7 Å². The molecule has 0 aliphatic carbocycles. The molecule has 0 bridgehead atoms. The van der Waals surface area contributed by atoms with Crippen LogP contribution in [0.3, 0.4) is 0 Å². The molecular formula is C47H66N12O9. The molecule has 0 spiro atoms. The number of nitrogens with zero attached hydrogens (tertiary/aromatic N) is 1. The number of ketones is 1. The summed E-state index contributed by atoms with van der Waals surface area (Å²) in [6.45, 7) is 4.50. The zero-order chi connectivity index (χ0) is 49.8. The minimum atomic E-state index is -1.36. The van der Waals surface area contributed by atoms with E-state index in [1.165, 1.54) is 13.8 Å². The third kappa shape index (κ3) is 17.2. The summed E-state index contributed by atoms with van der Waals surface area (Å²) >= 11 is 0. The summed E-state index contributed by atoms with van der Waals surface area (Å²) in [5.41, 5.74) is 19.0. The van der Waals surface area contributed by atoms with Gasteiger partial charge in [-0.3, -0.25) is 48.1 Å². The van der Waals surface area contributed by atoms with Crippen molar-refractivity contribution in [3.05, 3.63) is 71.9 Å². The number of unbranched alkanes of at least 4 members (excludes halogenated alkanes) is 1. The van der Waals surface area contributed by atoms with Crippen LogP contribution in [0.2, 0.25) is 0 Å². The Morgan fingerprint density at radius 2 is 1.53 bits per heavy atom. The third-order valence-corrected chi connectivity index (χ3v) is 11.5. The van der Waals surface area contributed by atoms with E-state index in [0.717, 1.165) is 17.3 Å². The first-order valence-electron chi connectivity index (χ1n) is 23.0. The quantitative estimate of drug-likeness (QED) is 0.0466. The van der Waals surface area contributed by atoms with E-state index in [1.807, 2.05) is 31.2 Å². The van der Waals surface area contributed by atoms with Crippen molar-refractivity contribution in [2.45, 2.75) is 128 Å². The Balaban J connectivity index is 1.69. The molecule has 68 heavy (non-hydrogen) atoms. The first-order chi connectivity index (χ1) is 32.4. The molecule has 8 amide bonds. The van der Waals surface area contributed by atoms with Crippen molar-refractivity contribution < 1.29 is 43.2 Å². The van der Waals surface area contributed by atoms with Gasteiger partial charge in [0.1, 0.15) is 30.2 Å². The van der Waals surface area contributed by atoms with Crippen LogP contribution in [0.5, 0.6) is 0 Å². The number of amides is 8. The first-order valence-corrected chi connectivity index (χ1v) is 23.0. The fourth-order valence-corrected chi connectivity index (χ4v) is 7.78. The highest BCUT2D eigenvalue weighted by Gasteiger charge is 2.34. The van der Waals surface area contributed by atoms with Crippen LogP contribution in [0.15, 0.2) is 65.8 Å². The van der Waals surface area contributed by atoms with E-state index in [-0.39, 0.29) is 70.4 Å². The highest BCUT2D eigenvalue weighted by molar-refractivity contribution is 5.98. The Morgan fingerprint density at radius 1 is 0.824 bits per heavy atom. The fraction of sp³-hybridized carbons (Fsp3) is 0.489. The lowest BCUT2D eigenvalue weighted by Crippen LogP contribution is -2.58. The summed E-state index contributed by atoms with van der Waals surface area (Å²) in [6, 6.07) is 8.82. The average Bonchev–Trinajstić information content (AvgIpc) is 3.71. The number of aromatic amines is 1. The van der Waals surface area contributed by atoms with Crippen molar-refractivity contribution in [2.24, 2.45) is 28.1 Å². The standard InChI is InChI=1S/C47H66N12O9/c1-4-5-15-35(55-28(3)60)45(67)57-36-18-19-40(62)51-22-20-30(43(65)58-37(41(48)63)24-31-26-53-33-16-10-9-14-32(31)33)25-39(61)34(17-11-21-52-47(49)50)56-46(68)38(23-29-12-7-6-8-13-29)59-42(64)27(2)54-44(36)66/h6-10,12-14,16,26-27,30,34-38,53H,4-5,11,15,17-25H2,1-3H3,(H2,48,63)(H,51,62)(H,54,66)(H,55,60)(H,56,68)(H,57,67)(H,58,65)(H,59,64)(H4,49,50,52)/t27-,30+,34-,35-,36-,37-,38+/m0/s1. The molecule has 1 aromatic heterocycles. The number of aromatic nitrogens is 1. The number of carbonyl (C=O) groups is 9. The summed E-state index contributed by atoms with van der Waals surface area (Å²) in [5.74, 6) is -7.51. The molecule has 1 aliphatic heterocycles. The molecule has 1 saturated heterocycles. The maximum Gasteiger partial charge on any atom is 0.243 e. The zero-order valence-electron chi connectivity index (χ0n) is 38.9. The van der Waals surface area contributed by atoms with Crippen LogP contribution in [0, 0.1) is 5.92 Å². The lowest BCUT2D eigenvalue weighted by molar-refractivity contribution is -0.135. The van der Waals surface area contributed by atoms with Crippen molar-refractivity contribution in [3.63, 3.8) is 0 Å². The van der Waals surface area contributed by atoms with Gasteiger partial charge in [0, 0.05) is 68.7 Å². The Morgan fingerprint density at radius 3 is 2.22 bits per heavy atom. The number of guanidine groups is 1. The predicted octanol–water partition coefficient (Wildman–Crippen LogP) is -0.494. The number of nitrogens with two attached hydrogens (primary N) is 3. The number of Topliss-reactive ketones (excluding diaryl/α,β-unsaturated/α-hetero) is 1. The van der Waals surface area contributed by atoms with Gasteiger partial charge in [-0.2, -0.15) is 0 Å². The van der Waals surface area contributed by atoms with E-state index in [2.05, 4.69) is 47.2 Å². The highest BCUT2D eigenvalue weighted by atomic mass is 16.2. The van der Waals surface area contributed by atoms with Crippen LogP contribution in [-0.2, 0) is 56.0 Å². The zero-order valence-corrected chi connectivity index (χ0v) is 38.9. The number of nitrogens with one attached hydrogen (secondary N) is 8. The monoisotopic (exact) mass is 943 g/mol. The molecule has 21 heteroatoms. The molecule has 4 rings (SSSR count). The Kier molecular flexibility index (Phi) is 21.0. The number of fused-ring (bicyclic) bond motifs is 1. The topological polar surface area (TPSA) is 344 Å². The van der Waals surface area contributed by atoms with Gasteiger partial charge in [-0.1, -0.05) is 68.3 Å². The lowest BCUT2D eigenvalue weighted by atomic mass is 9.92. The van der Waals surface area contributed by atoms with Crippen molar-refractivity contribution in [2.75, 3.05) is 13.1 Å². The predicted molar refractivity (Wildman–Crippen MR) is 254 cm³/mol. The van der Waals surface area contributed by atoms with Gasteiger partial charge in [-0.15, -0.1) is 0 Å². The summed E-state index contributed by atoms with van der Waals surface area (Å²) in [6.07, 6.45) is 2.40. The van der Waals surface area contributed by atoms with Crippen LogP contribution < -0.4 is 54.4 Å². The molecule has 2 aromatic carbocycles. The van der Waals surface area contributed by atoms with Gasteiger partial charge in [0.15, 0.2) is 11.7 Å². The molecule has 1 aliphatic rings. The van der Waals surface area contributed by atoms with E-state index < -0.39 is 102 Å². The van der Waals surface area contributed by atoms with Gasteiger partial charge >= 0.3 is 0 Å². The number of rotatable bonds is 17. The minimum Gasteiger partial charge on any atom is -0.370 e. The van der Waals surface area contributed by atoms with Gasteiger partial charge in [0.25, 0.3) is 0 Å². The molecular weight excluding hydrogens is 877 g/mol. The number of aliphatic imine (C=N–C) groups is 1. The summed E-state index contributed by atoms with van der Waals surface area (Å²) in [4.78, 5) is 129. The number of para-hydroxylation sites is 1. The molecule has 0 saturated carbocycles. The van der Waals surface area contributed by atoms with Gasteiger partial charge in [0.05, 0.1) is 6.04 Å². The first kappa shape index (κ1) is 53.3. The normalized spacial score (nSPS) is 20.9. The number of benzene rings is 2. The smallest absolute Gasteiger partial charge is 0.243 e. The number of hydrogen-bond donors (Lipinski definition) is 11. The summed E-state index contributed by atoms with van der Waals surface area (Å²) in [7, 11) is 0. The van der Waals surface area contributed by atoms with Crippen LogP contribution in [0.4, 0.5) is 0 Å². The number of carbonyl (C=O) groups excluding carboxylic acids is 9. The Labute approximate surface area is 395 Å². The minimum absolute atomic E-state index is 0.0176. The molecule has 0 radical (unpaired) electrons. The molecule has 1 fully saturated rings. The second kappa shape index (κ2) is 26.7. The second-order valence-electron chi connectivity index (χ2n) is 17.0. The maximum absolute atomic E-state index is 14.4. The maximum atomic E-state index is 14.4. The largest absolute Gasteiger partial charge is 0.370 e. The number of primary amides is 1. The second-order valence-corrected chi connectivity index (χ2v) is 17.0. The SMILES string of the molecule is CCCC[C@H](NC(C)=O)C(=O)N[C@H]1CCC(=O)NCC[C@@H](C(=O)N[C@@H](Cc2c[nH]c3ccccc23)C(N)=O)CC(=O)[C@H](CCCN=C(N)N)NC(=O)[C@@H](Cc2ccccc2)NC(=O)[C@H](C)NC1=O. The van der Waals surface area contributed by atoms with E-state index in [0.29, 0.717) is 17.5 Å². The van der Waals surface area contributed by atoms with E-state index >= 15 is 0 Å². The summed E-state index contributed by atoms with van der Waals surface area (Å²) in [5, 5.41) is 19.5. The Bertz CT molecular complexity index is 2280. The molecule has 0 unspecified atom stereocenters. The molecule has 3 aromatic rings. The molecule has 368 valence electrons. The van der Waals surface area contributed by atoms with Crippen LogP contribution >= 0.6 is 0 Å². The molecule has 14 N–H and O–H groups in total.